The van der Waals surface area contributed by atoms with Crippen LogP contribution >= 0.6 is 0 Å². The number of amides is 2. The van der Waals surface area contributed by atoms with Crippen LogP contribution in [0.3, 0.4) is 0 Å². The lowest BCUT2D eigenvalue weighted by molar-refractivity contribution is -0.139. The van der Waals surface area contributed by atoms with Gasteiger partial charge in [0.1, 0.15) is 12.6 Å². The van der Waals surface area contributed by atoms with Gasteiger partial charge in [-0.15, -0.1) is 0 Å². The molecule has 1 atom stereocenters. The van der Waals surface area contributed by atoms with E-state index in [-0.39, 0.29) is 25.0 Å². The van der Waals surface area contributed by atoms with Crippen LogP contribution in [0.15, 0.2) is 48.5 Å². The molecule has 0 aliphatic heterocycles. The molecular weight excluding hydrogens is 474 g/mol. The van der Waals surface area contributed by atoms with Crippen molar-refractivity contribution in [3.8, 4) is 0 Å². The first-order valence-electron chi connectivity index (χ1n) is 12.7. The molecular formula is C28H39N3O4S. The van der Waals surface area contributed by atoms with Crippen molar-refractivity contribution >= 4 is 27.5 Å². The molecule has 1 saturated carbocycles. The molecule has 0 heterocycles. The van der Waals surface area contributed by atoms with Gasteiger partial charge in [0.05, 0.1) is 11.9 Å². The lowest BCUT2D eigenvalue weighted by atomic mass is 10.0. The molecule has 2 aromatic carbocycles. The first-order valence-corrected chi connectivity index (χ1v) is 14.5. The number of hydrogen-bond donors (Lipinski definition) is 1. The summed E-state index contributed by atoms with van der Waals surface area (Å²) < 4.78 is 26.5. The van der Waals surface area contributed by atoms with Crippen LogP contribution in [-0.2, 0) is 26.2 Å². The number of hydrogen-bond acceptors (Lipinski definition) is 4. The van der Waals surface area contributed by atoms with Crippen LogP contribution in [-0.4, -0.2) is 50.0 Å². The number of carbonyl (C=O) groups is 2. The molecule has 196 valence electrons. The summed E-state index contributed by atoms with van der Waals surface area (Å²) in [5.74, 6) is -0.339. The zero-order valence-electron chi connectivity index (χ0n) is 22.0. The number of benzene rings is 2. The Morgan fingerprint density at radius 2 is 1.56 bits per heavy atom. The van der Waals surface area contributed by atoms with E-state index < -0.39 is 22.0 Å². The fourth-order valence-corrected chi connectivity index (χ4v) is 5.35. The number of carbonyl (C=O) groups excluding carboxylic acids is 2. The van der Waals surface area contributed by atoms with Crippen molar-refractivity contribution in [2.75, 3.05) is 17.1 Å². The van der Waals surface area contributed by atoms with E-state index in [0.29, 0.717) is 11.6 Å². The van der Waals surface area contributed by atoms with E-state index in [1.807, 2.05) is 43.3 Å². The quantitative estimate of drug-likeness (QED) is 0.511. The maximum atomic E-state index is 13.6. The van der Waals surface area contributed by atoms with Crippen molar-refractivity contribution in [2.24, 2.45) is 0 Å². The topological polar surface area (TPSA) is 86.8 Å². The largest absolute Gasteiger partial charge is 0.352 e. The van der Waals surface area contributed by atoms with Gasteiger partial charge in [0.25, 0.3) is 0 Å². The molecule has 0 spiro atoms. The maximum absolute atomic E-state index is 13.6. The molecule has 1 fully saturated rings. The molecule has 0 bridgehead atoms. The van der Waals surface area contributed by atoms with Crippen molar-refractivity contribution in [2.45, 2.75) is 77.9 Å². The maximum Gasteiger partial charge on any atom is 0.244 e. The minimum absolute atomic E-state index is 0.128. The number of aryl methyl sites for hydroxylation is 1. The summed E-state index contributed by atoms with van der Waals surface area (Å²) in [6, 6.07) is 14.4. The Morgan fingerprint density at radius 1 is 0.972 bits per heavy atom. The molecule has 0 radical (unpaired) electrons. The van der Waals surface area contributed by atoms with Crippen LogP contribution in [0.1, 0.15) is 69.1 Å². The summed E-state index contributed by atoms with van der Waals surface area (Å²) in [7, 11) is -3.74. The van der Waals surface area contributed by atoms with Crippen LogP contribution < -0.4 is 9.62 Å². The summed E-state index contributed by atoms with van der Waals surface area (Å²) in [5, 5.41) is 3.08. The van der Waals surface area contributed by atoms with Crippen molar-refractivity contribution < 1.29 is 18.0 Å². The first-order chi connectivity index (χ1) is 17.0. The normalized spacial score (nSPS) is 15.1. The van der Waals surface area contributed by atoms with Gasteiger partial charge in [0.15, 0.2) is 0 Å². The van der Waals surface area contributed by atoms with E-state index in [9.17, 15) is 18.0 Å². The lowest BCUT2D eigenvalue weighted by Crippen LogP contribution is -2.52. The number of nitrogens with one attached hydrogen (secondary N) is 1. The summed E-state index contributed by atoms with van der Waals surface area (Å²) >= 11 is 0. The average Bonchev–Trinajstić information content (AvgIpc) is 3.34. The van der Waals surface area contributed by atoms with E-state index in [1.54, 1.807) is 19.1 Å². The van der Waals surface area contributed by atoms with Crippen LogP contribution in [0.2, 0.25) is 0 Å². The monoisotopic (exact) mass is 513 g/mol. The van der Waals surface area contributed by atoms with E-state index in [1.165, 1.54) is 4.90 Å². The molecule has 1 N–H and O–H groups in total. The summed E-state index contributed by atoms with van der Waals surface area (Å²) in [6.45, 7) is 7.65. The second-order valence-electron chi connectivity index (χ2n) is 10.2. The molecule has 3 rings (SSSR count). The summed E-state index contributed by atoms with van der Waals surface area (Å²) in [5.41, 5.74) is 3.48. The third-order valence-electron chi connectivity index (χ3n) is 6.87. The van der Waals surface area contributed by atoms with Gasteiger partial charge in [-0.1, -0.05) is 68.7 Å². The van der Waals surface area contributed by atoms with Crippen molar-refractivity contribution in [1.82, 2.24) is 10.2 Å². The molecule has 1 aliphatic carbocycles. The zero-order chi connectivity index (χ0) is 26.5. The molecule has 36 heavy (non-hydrogen) atoms. The van der Waals surface area contributed by atoms with Crippen LogP contribution in [0, 0.1) is 6.92 Å². The predicted octanol–water partition coefficient (Wildman–Crippen LogP) is 4.36. The van der Waals surface area contributed by atoms with Crippen LogP contribution in [0.4, 0.5) is 5.69 Å². The summed E-state index contributed by atoms with van der Waals surface area (Å²) in [6.07, 6.45) is 5.16. The van der Waals surface area contributed by atoms with Crippen LogP contribution in [0.5, 0.6) is 0 Å². The Labute approximate surface area is 215 Å². The van der Waals surface area contributed by atoms with Gasteiger partial charge in [-0.2, -0.15) is 0 Å². The minimum atomic E-state index is -3.74. The first kappa shape index (κ1) is 27.7. The highest BCUT2D eigenvalue weighted by Gasteiger charge is 2.31. The number of sulfonamides is 1. The highest BCUT2D eigenvalue weighted by atomic mass is 32.2. The summed E-state index contributed by atoms with van der Waals surface area (Å²) in [4.78, 5) is 28.2. The molecule has 7 nitrogen and oxygen atoms in total. The third kappa shape index (κ3) is 7.32. The van der Waals surface area contributed by atoms with Crippen LogP contribution in [0.25, 0.3) is 0 Å². The smallest absolute Gasteiger partial charge is 0.244 e. The van der Waals surface area contributed by atoms with Gasteiger partial charge >= 0.3 is 0 Å². The Balaban J connectivity index is 1.86. The average molecular weight is 514 g/mol. The number of anilines is 1. The molecule has 0 saturated heterocycles. The van der Waals surface area contributed by atoms with E-state index in [0.717, 1.165) is 52.9 Å². The fourth-order valence-electron chi connectivity index (χ4n) is 4.50. The molecule has 8 heteroatoms. The van der Waals surface area contributed by atoms with Crippen molar-refractivity contribution in [3.63, 3.8) is 0 Å². The van der Waals surface area contributed by atoms with Gasteiger partial charge in [0.2, 0.25) is 21.8 Å². The van der Waals surface area contributed by atoms with E-state index >= 15 is 0 Å². The van der Waals surface area contributed by atoms with Crippen molar-refractivity contribution in [1.29, 1.82) is 0 Å². The SMILES string of the molecule is Cc1ccc(CN(C(=O)CN(c2ccc(C(C)C)cc2)S(C)(=O)=O)[C@@H](C)C(=O)NC2CCCC2)cc1. The Bertz CT molecular complexity index is 1140. The lowest BCUT2D eigenvalue weighted by Gasteiger charge is -2.32. The van der Waals surface area contributed by atoms with Gasteiger partial charge in [0, 0.05) is 12.6 Å². The second kappa shape index (κ2) is 11.9. The number of rotatable bonds is 10. The minimum Gasteiger partial charge on any atom is -0.352 e. The van der Waals surface area contributed by atoms with E-state index in [4.69, 9.17) is 0 Å². The van der Waals surface area contributed by atoms with Gasteiger partial charge in [-0.3, -0.25) is 13.9 Å². The Hall–Kier alpha value is -2.87. The standard InChI is InChI=1S/C28H39N3O4S/c1-20(2)24-14-16-26(17-15-24)31(36(5,34)35)19-27(32)30(18-23-12-10-21(3)11-13-23)22(4)28(33)29-25-8-6-7-9-25/h10-17,20,22,25H,6-9,18-19H2,1-5H3,(H,29,33)/t22-/m0/s1. The Kier molecular flexibility index (Phi) is 9.17. The predicted molar refractivity (Wildman–Crippen MR) is 144 cm³/mol. The molecule has 1 aliphatic rings. The molecule has 0 aromatic heterocycles. The van der Waals surface area contributed by atoms with E-state index in [2.05, 4.69) is 19.2 Å². The second-order valence-corrected chi connectivity index (χ2v) is 12.1. The number of nitrogens with zero attached hydrogens (tertiary/aromatic N) is 2. The fraction of sp³-hybridized carbons (Fsp3) is 0.500. The molecule has 2 aromatic rings. The van der Waals surface area contributed by atoms with Crippen molar-refractivity contribution in [3.05, 3.63) is 65.2 Å². The van der Waals surface area contributed by atoms with Gasteiger partial charge in [-0.05, 0) is 55.9 Å². The zero-order valence-corrected chi connectivity index (χ0v) is 22.8. The van der Waals surface area contributed by atoms with Gasteiger partial charge < -0.3 is 10.2 Å². The van der Waals surface area contributed by atoms with Gasteiger partial charge in [-0.25, -0.2) is 8.42 Å². The Morgan fingerprint density at radius 3 is 2.08 bits per heavy atom. The molecule has 0 unspecified atom stereocenters. The highest BCUT2D eigenvalue weighted by Crippen LogP contribution is 2.23. The highest BCUT2D eigenvalue weighted by molar-refractivity contribution is 7.92. The molecule has 2 amide bonds. The third-order valence-corrected chi connectivity index (χ3v) is 8.01.